The van der Waals surface area contributed by atoms with E-state index in [1.54, 1.807) is 26.3 Å². The Bertz CT molecular complexity index is 501. The Labute approximate surface area is 138 Å². The molecule has 0 aliphatic rings. The number of hydrogen-bond donors (Lipinski definition) is 2. The molecule has 0 aliphatic heterocycles. The molecule has 6 heteroatoms. The zero-order valence-corrected chi connectivity index (χ0v) is 14.6. The fourth-order valence-corrected chi connectivity index (χ4v) is 2.05. The van der Waals surface area contributed by atoms with Crippen molar-refractivity contribution in [3.8, 4) is 5.75 Å². The molecule has 0 saturated carbocycles. The summed E-state index contributed by atoms with van der Waals surface area (Å²) in [5.41, 5.74) is 0.0428. The van der Waals surface area contributed by atoms with Crippen LogP contribution in [0.4, 0.5) is 4.39 Å². The molecule has 2 N–H and O–H groups in total. The summed E-state index contributed by atoms with van der Waals surface area (Å²) >= 11 is 0. The SMILES string of the molecule is CN=C(NCCOc1cccc(F)c1)NCC(OC)C(C)(C)C. The molecule has 1 unspecified atom stereocenters. The number of ether oxygens (including phenoxy) is 2. The maximum Gasteiger partial charge on any atom is 0.191 e. The molecule has 0 spiro atoms. The summed E-state index contributed by atoms with van der Waals surface area (Å²) in [6.45, 7) is 8.02. The first-order valence-corrected chi connectivity index (χ1v) is 7.72. The van der Waals surface area contributed by atoms with Gasteiger partial charge in [-0.05, 0) is 17.5 Å². The van der Waals surface area contributed by atoms with Crippen LogP contribution in [0.2, 0.25) is 0 Å². The lowest BCUT2D eigenvalue weighted by Crippen LogP contribution is -2.46. The topological polar surface area (TPSA) is 54.9 Å². The number of benzene rings is 1. The fraction of sp³-hybridized carbons (Fsp3) is 0.588. The highest BCUT2D eigenvalue weighted by Crippen LogP contribution is 2.20. The summed E-state index contributed by atoms with van der Waals surface area (Å²) in [7, 11) is 3.42. The first-order valence-electron chi connectivity index (χ1n) is 7.72. The number of halogens is 1. The van der Waals surface area contributed by atoms with Gasteiger partial charge in [0.15, 0.2) is 5.96 Å². The van der Waals surface area contributed by atoms with E-state index in [9.17, 15) is 4.39 Å². The zero-order chi connectivity index (χ0) is 17.3. The number of nitrogens with zero attached hydrogens (tertiary/aromatic N) is 1. The number of nitrogens with one attached hydrogen (secondary N) is 2. The summed E-state index contributed by atoms with van der Waals surface area (Å²) in [4.78, 5) is 4.16. The van der Waals surface area contributed by atoms with Gasteiger partial charge in [0.1, 0.15) is 18.2 Å². The minimum Gasteiger partial charge on any atom is -0.492 e. The van der Waals surface area contributed by atoms with Gasteiger partial charge in [-0.25, -0.2) is 4.39 Å². The van der Waals surface area contributed by atoms with Gasteiger partial charge in [-0.3, -0.25) is 4.99 Å². The van der Waals surface area contributed by atoms with Gasteiger partial charge in [0, 0.05) is 26.8 Å². The van der Waals surface area contributed by atoms with Crippen LogP contribution >= 0.6 is 0 Å². The van der Waals surface area contributed by atoms with E-state index in [1.807, 2.05) is 0 Å². The summed E-state index contributed by atoms with van der Waals surface area (Å²) < 4.78 is 24.0. The second kappa shape index (κ2) is 9.35. The Hall–Kier alpha value is -1.82. The molecule has 1 rings (SSSR count). The largest absolute Gasteiger partial charge is 0.492 e. The molecular weight excluding hydrogens is 297 g/mol. The van der Waals surface area contributed by atoms with Crippen molar-refractivity contribution >= 4 is 5.96 Å². The Morgan fingerprint density at radius 3 is 2.61 bits per heavy atom. The Morgan fingerprint density at radius 1 is 1.30 bits per heavy atom. The van der Waals surface area contributed by atoms with Crippen molar-refractivity contribution in [2.75, 3.05) is 33.9 Å². The average Bonchev–Trinajstić information content (AvgIpc) is 2.48. The van der Waals surface area contributed by atoms with E-state index >= 15 is 0 Å². The Morgan fingerprint density at radius 2 is 2.04 bits per heavy atom. The minimum absolute atomic E-state index is 0.0428. The van der Waals surface area contributed by atoms with Gasteiger partial charge < -0.3 is 20.1 Å². The average molecular weight is 325 g/mol. The molecule has 1 aromatic carbocycles. The summed E-state index contributed by atoms with van der Waals surface area (Å²) in [6, 6.07) is 6.09. The van der Waals surface area contributed by atoms with Crippen LogP contribution in [-0.2, 0) is 4.74 Å². The van der Waals surface area contributed by atoms with Gasteiger partial charge >= 0.3 is 0 Å². The Kier molecular flexibility index (Phi) is 7.81. The molecule has 0 saturated heterocycles. The van der Waals surface area contributed by atoms with Gasteiger partial charge in [0.2, 0.25) is 0 Å². The third-order valence-corrected chi connectivity index (χ3v) is 3.39. The molecule has 1 aromatic rings. The highest BCUT2D eigenvalue weighted by Gasteiger charge is 2.24. The fourth-order valence-electron chi connectivity index (χ4n) is 2.05. The second-order valence-corrected chi connectivity index (χ2v) is 6.28. The van der Waals surface area contributed by atoms with E-state index in [4.69, 9.17) is 9.47 Å². The van der Waals surface area contributed by atoms with Crippen molar-refractivity contribution < 1.29 is 13.9 Å². The molecule has 0 bridgehead atoms. The van der Waals surface area contributed by atoms with Gasteiger partial charge in [-0.1, -0.05) is 26.8 Å². The van der Waals surface area contributed by atoms with Crippen LogP contribution in [0.25, 0.3) is 0 Å². The number of guanidine groups is 1. The van der Waals surface area contributed by atoms with Gasteiger partial charge in [0.05, 0.1) is 12.6 Å². The van der Waals surface area contributed by atoms with E-state index in [1.165, 1.54) is 12.1 Å². The molecule has 5 nitrogen and oxygen atoms in total. The van der Waals surface area contributed by atoms with E-state index in [0.717, 1.165) is 0 Å². The molecule has 1 atom stereocenters. The van der Waals surface area contributed by atoms with E-state index in [-0.39, 0.29) is 17.3 Å². The monoisotopic (exact) mass is 325 g/mol. The first kappa shape index (κ1) is 19.2. The normalized spacial score (nSPS) is 13.6. The van der Waals surface area contributed by atoms with Crippen LogP contribution in [-0.4, -0.2) is 45.9 Å². The Balaban J connectivity index is 2.32. The number of hydrogen-bond acceptors (Lipinski definition) is 3. The highest BCUT2D eigenvalue weighted by molar-refractivity contribution is 5.79. The van der Waals surface area contributed by atoms with Gasteiger partial charge in [0.25, 0.3) is 0 Å². The maximum atomic E-state index is 13.0. The summed E-state index contributed by atoms with van der Waals surface area (Å²) in [5.74, 6) is 0.891. The van der Waals surface area contributed by atoms with Crippen molar-refractivity contribution in [1.82, 2.24) is 10.6 Å². The van der Waals surface area contributed by atoms with Gasteiger partial charge in [-0.15, -0.1) is 0 Å². The standard InChI is InChI=1S/C17H28FN3O2/c1-17(2,3)15(22-5)12-21-16(19-4)20-9-10-23-14-8-6-7-13(18)11-14/h6-8,11,15H,9-10,12H2,1-5H3,(H2,19,20,21). The lowest BCUT2D eigenvalue weighted by atomic mass is 9.89. The van der Waals surface area contributed by atoms with Crippen LogP contribution < -0.4 is 15.4 Å². The molecule has 0 radical (unpaired) electrons. The van der Waals surface area contributed by atoms with Crippen LogP contribution in [0.3, 0.4) is 0 Å². The number of aliphatic imine (C=N–C) groups is 1. The highest BCUT2D eigenvalue weighted by atomic mass is 19.1. The molecule has 0 fully saturated rings. The van der Waals surface area contributed by atoms with Crippen molar-refractivity contribution in [2.45, 2.75) is 26.9 Å². The third kappa shape index (κ3) is 7.32. The smallest absolute Gasteiger partial charge is 0.191 e. The van der Waals surface area contributed by atoms with Crippen molar-refractivity contribution in [2.24, 2.45) is 10.4 Å². The van der Waals surface area contributed by atoms with Crippen molar-refractivity contribution in [3.63, 3.8) is 0 Å². The predicted octanol–water partition coefficient (Wildman–Crippen LogP) is 2.43. The second-order valence-electron chi connectivity index (χ2n) is 6.28. The molecule has 0 heterocycles. The predicted molar refractivity (Wildman–Crippen MR) is 91.5 cm³/mol. The number of rotatable bonds is 7. The summed E-state index contributed by atoms with van der Waals surface area (Å²) in [5, 5.41) is 6.38. The van der Waals surface area contributed by atoms with Gasteiger partial charge in [-0.2, -0.15) is 0 Å². The van der Waals surface area contributed by atoms with Crippen molar-refractivity contribution in [3.05, 3.63) is 30.1 Å². The molecule has 130 valence electrons. The first-order chi connectivity index (χ1) is 10.9. The van der Waals surface area contributed by atoms with Crippen molar-refractivity contribution in [1.29, 1.82) is 0 Å². The van der Waals surface area contributed by atoms with Crippen LogP contribution in [0, 0.1) is 11.2 Å². The van der Waals surface area contributed by atoms with E-state index < -0.39 is 0 Å². The maximum absolute atomic E-state index is 13.0. The minimum atomic E-state index is -0.305. The molecule has 0 aromatic heterocycles. The van der Waals surface area contributed by atoms with Crippen LogP contribution in [0.15, 0.2) is 29.3 Å². The molecular formula is C17H28FN3O2. The lowest BCUT2D eigenvalue weighted by Gasteiger charge is -2.30. The third-order valence-electron chi connectivity index (χ3n) is 3.39. The molecule has 0 amide bonds. The molecule has 0 aliphatic carbocycles. The van der Waals surface area contributed by atoms with E-state index in [2.05, 4.69) is 36.4 Å². The van der Waals surface area contributed by atoms with Crippen LogP contribution in [0.1, 0.15) is 20.8 Å². The lowest BCUT2D eigenvalue weighted by molar-refractivity contribution is 0.0205. The zero-order valence-electron chi connectivity index (χ0n) is 14.6. The quantitative estimate of drug-likeness (QED) is 0.459. The van der Waals surface area contributed by atoms with Crippen LogP contribution in [0.5, 0.6) is 5.75 Å². The van der Waals surface area contributed by atoms with E-state index in [0.29, 0.717) is 31.4 Å². The number of methoxy groups -OCH3 is 1. The summed E-state index contributed by atoms with van der Waals surface area (Å²) in [6.07, 6.45) is 0.0737. The molecule has 23 heavy (non-hydrogen) atoms.